The second kappa shape index (κ2) is 6.20. The van der Waals surface area contributed by atoms with E-state index in [4.69, 9.17) is 5.11 Å². The highest BCUT2D eigenvalue weighted by Crippen LogP contribution is 2.41. The number of nitrogens with zero attached hydrogens (tertiary/aromatic N) is 1. The van der Waals surface area contributed by atoms with Crippen LogP contribution in [0.15, 0.2) is 42.6 Å². The predicted octanol–water partition coefficient (Wildman–Crippen LogP) is 2.97. The molecule has 1 aromatic carbocycles. The Morgan fingerprint density at radius 3 is 2.65 bits per heavy atom. The number of hydrogen-bond donors (Lipinski definition) is 2. The summed E-state index contributed by atoms with van der Waals surface area (Å²) in [4.78, 5) is 27.2. The standard InChI is InChI=1S/C18H18N2O3/c1-11-4-2-3-5-14(11)16(12-6-7-12)20-17(21)13-8-9-19-15(10-13)18(22)23/h2-5,8-10,12,16H,6-7H2,1H3,(H,20,21)(H,22,23). The van der Waals surface area contributed by atoms with Gasteiger partial charge in [-0.15, -0.1) is 0 Å². The highest BCUT2D eigenvalue weighted by Gasteiger charge is 2.34. The van der Waals surface area contributed by atoms with Crippen molar-refractivity contribution in [2.75, 3.05) is 0 Å². The number of benzene rings is 1. The number of aromatic carboxylic acids is 1. The molecular formula is C18H18N2O3. The molecule has 0 saturated heterocycles. The molecule has 1 aliphatic carbocycles. The molecule has 0 spiro atoms. The van der Waals surface area contributed by atoms with E-state index in [9.17, 15) is 9.59 Å². The molecule has 118 valence electrons. The molecule has 2 aromatic rings. The van der Waals surface area contributed by atoms with Crippen molar-refractivity contribution in [2.24, 2.45) is 5.92 Å². The third-order valence-electron chi connectivity index (χ3n) is 4.14. The van der Waals surface area contributed by atoms with Gasteiger partial charge in [0.2, 0.25) is 0 Å². The molecule has 1 aliphatic rings. The van der Waals surface area contributed by atoms with E-state index in [0.29, 0.717) is 11.5 Å². The van der Waals surface area contributed by atoms with Crippen molar-refractivity contribution in [3.05, 3.63) is 65.0 Å². The summed E-state index contributed by atoms with van der Waals surface area (Å²) in [7, 11) is 0. The maximum Gasteiger partial charge on any atom is 0.354 e. The minimum atomic E-state index is -1.14. The lowest BCUT2D eigenvalue weighted by atomic mass is 9.97. The van der Waals surface area contributed by atoms with Crippen molar-refractivity contribution in [1.82, 2.24) is 10.3 Å². The molecule has 5 nitrogen and oxygen atoms in total. The lowest BCUT2D eigenvalue weighted by Crippen LogP contribution is -2.30. The quantitative estimate of drug-likeness (QED) is 0.890. The summed E-state index contributed by atoms with van der Waals surface area (Å²) >= 11 is 0. The molecular weight excluding hydrogens is 292 g/mol. The molecule has 0 aliphatic heterocycles. The summed E-state index contributed by atoms with van der Waals surface area (Å²) in [6.45, 7) is 2.03. The van der Waals surface area contributed by atoms with Gasteiger partial charge in [-0.2, -0.15) is 0 Å². The molecule has 1 amide bonds. The van der Waals surface area contributed by atoms with Gasteiger partial charge in [0.1, 0.15) is 5.69 Å². The van der Waals surface area contributed by atoms with Gasteiger partial charge in [-0.1, -0.05) is 24.3 Å². The molecule has 0 radical (unpaired) electrons. The van der Waals surface area contributed by atoms with E-state index in [-0.39, 0.29) is 17.6 Å². The topological polar surface area (TPSA) is 79.3 Å². The maximum atomic E-state index is 12.5. The first kappa shape index (κ1) is 15.2. The molecule has 1 fully saturated rings. The van der Waals surface area contributed by atoms with Gasteiger partial charge in [0.25, 0.3) is 5.91 Å². The number of carbonyl (C=O) groups is 2. The van der Waals surface area contributed by atoms with E-state index in [1.807, 2.05) is 31.2 Å². The molecule has 1 aromatic heterocycles. The van der Waals surface area contributed by atoms with Gasteiger partial charge in [-0.25, -0.2) is 9.78 Å². The molecule has 1 unspecified atom stereocenters. The Morgan fingerprint density at radius 1 is 1.26 bits per heavy atom. The van der Waals surface area contributed by atoms with Crippen molar-refractivity contribution in [3.8, 4) is 0 Å². The lowest BCUT2D eigenvalue weighted by Gasteiger charge is -2.21. The zero-order valence-electron chi connectivity index (χ0n) is 12.8. The Labute approximate surface area is 134 Å². The number of rotatable bonds is 5. The number of hydrogen-bond acceptors (Lipinski definition) is 3. The number of carboxylic acids is 1. The summed E-state index contributed by atoms with van der Waals surface area (Å²) in [5.74, 6) is -0.965. The van der Waals surface area contributed by atoms with Gasteiger partial charge in [0, 0.05) is 11.8 Å². The largest absolute Gasteiger partial charge is 0.477 e. The normalized spacial score (nSPS) is 15.0. The smallest absolute Gasteiger partial charge is 0.354 e. The minimum Gasteiger partial charge on any atom is -0.477 e. The SMILES string of the molecule is Cc1ccccc1C(NC(=O)c1ccnc(C(=O)O)c1)C1CC1. The molecule has 5 heteroatoms. The molecule has 23 heavy (non-hydrogen) atoms. The van der Waals surface area contributed by atoms with Crippen LogP contribution in [0, 0.1) is 12.8 Å². The fraction of sp³-hybridized carbons (Fsp3) is 0.278. The van der Waals surface area contributed by atoms with E-state index >= 15 is 0 Å². The van der Waals surface area contributed by atoms with Crippen LogP contribution in [0.1, 0.15) is 50.9 Å². The number of carbonyl (C=O) groups excluding carboxylic acids is 1. The average Bonchev–Trinajstić information content (AvgIpc) is 3.38. The van der Waals surface area contributed by atoms with Crippen molar-refractivity contribution in [1.29, 1.82) is 0 Å². The monoisotopic (exact) mass is 310 g/mol. The highest BCUT2D eigenvalue weighted by atomic mass is 16.4. The van der Waals surface area contributed by atoms with Crippen LogP contribution in [0.2, 0.25) is 0 Å². The number of amides is 1. The Morgan fingerprint density at radius 2 is 2.00 bits per heavy atom. The molecule has 0 bridgehead atoms. The molecule has 1 saturated carbocycles. The third kappa shape index (κ3) is 3.39. The van der Waals surface area contributed by atoms with E-state index < -0.39 is 5.97 Å². The highest BCUT2D eigenvalue weighted by molar-refractivity contribution is 5.96. The summed E-state index contributed by atoms with van der Waals surface area (Å²) in [6.07, 6.45) is 3.53. The predicted molar refractivity (Wildman–Crippen MR) is 85.3 cm³/mol. The first-order chi connectivity index (χ1) is 11.1. The second-order valence-electron chi connectivity index (χ2n) is 5.88. The Bertz CT molecular complexity index is 753. The van der Waals surface area contributed by atoms with Crippen LogP contribution in [-0.4, -0.2) is 22.0 Å². The second-order valence-corrected chi connectivity index (χ2v) is 5.88. The van der Waals surface area contributed by atoms with Crippen LogP contribution < -0.4 is 5.32 Å². The van der Waals surface area contributed by atoms with Crippen LogP contribution in [0.25, 0.3) is 0 Å². The number of aryl methyl sites for hydroxylation is 1. The summed E-state index contributed by atoms with van der Waals surface area (Å²) in [5, 5.41) is 12.1. The fourth-order valence-corrected chi connectivity index (χ4v) is 2.73. The van der Waals surface area contributed by atoms with Crippen LogP contribution >= 0.6 is 0 Å². The first-order valence-electron chi connectivity index (χ1n) is 7.62. The molecule has 1 heterocycles. The Kier molecular flexibility index (Phi) is 4.10. The maximum absolute atomic E-state index is 12.5. The fourth-order valence-electron chi connectivity index (χ4n) is 2.73. The number of aromatic nitrogens is 1. The van der Waals surface area contributed by atoms with Crippen LogP contribution in [0.4, 0.5) is 0 Å². The number of nitrogens with one attached hydrogen (secondary N) is 1. The average molecular weight is 310 g/mol. The van der Waals surface area contributed by atoms with Gasteiger partial charge < -0.3 is 10.4 Å². The van der Waals surface area contributed by atoms with Gasteiger partial charge in [-0.05, 0) is 48.9 Å². The van der Waals surface area contributed by atoms with Gasteiger partial charge in [0.05, 0.1) is 6.04 Å². The Balaban J connectivity index is 1.84. The van der Waals surface area contributed by atoms with Gasteiger partial charge in [0.15, 0.2) is 0 Å². The molecule has 2 N–H and O–H groups in total. The van der Waals surface area contributed by atoms with Crippen molar-refractivity contribution >= 4 is 11.9 Å². The van der Waals surface area contributed by atoms with E-state index in [1.165, 1.54) is 18.3 Å². The first-order valence-corrected chi connectivity index (χ1v) is 7.62. The zero-order valence-corrected chi connectivity index (χ0v) is 12.8. The van der Waals surface area contributed by atoms with Crippen molar-refractivity contribution in [3.63, 3.8) is 0 Å². The third-order valence-corrected chi connectivity index (χ3v) is 4.14. The molecule has 1 atom stereocenters. The van der Waals surface area contributed by atoms with E-state index in [0.717, 1.165) is 24.0 Å². The zero-order chi connectivity index (χ0) is 16.4. The Hall–Kier alpha value is -2.69. The number of carboxylic acid groups (broad SMARTS) is 1. The summed E-state index contributed by atoms with van der Waals surface area (Å²) in [6, 6.07) is 10.8. The summed E-state index contributed by atoms with van der Waals surface area (Å²) in [5.41, 5.74) is 2.45. The van der Waals surface area contributed by atoms with Crippen LogP contribution in [0.5, 0.6) is 0 Å². The molecule has 3 rings (SSSR count). The van der Waals surface area contributed by atoms with Gasteiger partial charge >= 0.3 is 5.97 Å². The van der Waals surface area contributed by atoms with Crippen molar-refractivity contribution in [2.45, 2.75) is 25.8 Å². The minimum absolute atomic E-state index is 0.0369. The summed E-state index contributed by atoms with van der Waals surface area (Å²) < 4.78 is 0. The lowest BCUT2D eigenvalue weighted by molar-refractivity contribution is 0.0690. The van der Waals surface area contributed by atoms with Crippen molar-refractivity contribution < 1.29 is 14.7 Å². The van der Waals surface area contributed by atoms with E-state index in [1.54, 1.807) is 0 Å². The van der Waals surface area contributed by atoms with E-state index in [2.05, 4.69) is 10.3 Å². The van der Waals surface area contributed by atoms with Crippen LogP contribution in [0.3, 0.4) is 0 Å². The van der Waals surface area contributed by atoms with Gasteiger partial charge in [-0.3, -0.25) is 4.79 Å². The number of pyridine rings is 1. The van der Waals surface area contributed by atoms with Crippen LogP contribution in [-0.2, 0) is 0 Å².